The van der Waals surface area contributed by atoms with Crippen LogP contribution in [0.3, 0.4) is 0 Å². The first-order valence-electron chi connectivity index (χ1n) is 11.3. The molecule has 0 saturated heterocycles. The number of methoxy groups -OCH3 is 1. The standard InChI is InChI=1S/C27H29NO3/c1-3-24(20-12-13-25(30-2)26(16-20)31-22-10-6-7-11-22)28-17-21-14-18-8-4-5-9-19(18)15-23(21)27(28)29/h4-5,8-9,12-16,22,24H,3,6-7,10-11,17H2,1-2H3. The molecule has 4 nitrogen and oxygen atoms in total. The molecular weight excluding hydrogens is 386 g/mol. The average molecular weight is 416 g/mol. The van der Waals surface area contributed by atoms with Gasteiger partial charge in [-0.25, -0.2) is 0 Å². The molecule has 1 aliphatic heterocycles. The summed E-state index contributed by atoms with van der Waals surface area (Å²) in [6.07, 6.45) is 5.73. The topological polar surface area (TPSA) is 38.8 Å². The van der Waals surface area contributed by atoms with E-state index in [0.29, 0.717) is 6.54 Å². The van der Waals surface area contributed by atoms with Gasteiger partial charge < -0.3 is 14.4 Å². The highest BCUT2D eigenvalue weighted by atomic mass is 16.5. The maximum absolute atomic E-state index is 13.4. The van der Waals surface area contributed by atoms with Crippen LogP contribution in [0.1, 0.15) is 66.6 Å². The molecule has 0 bridgehead atoms. The van der Waals surface area contributed by atoms with Gasteiger partial charge in [0.05, 0.1) is 19.3 Å². The highest BCUT2D eigenvalue weighted by Gasteiger charge is 2.33. The summed E-state index contributed by atoms with van der Waals surface area (Å²) in [6.45, 7) is 2.78. The van der Waals surface area contributed by atoms with Crippen molar-refractivity contribution in [2.45, 2.75) is 57.7 Å². The van der Waals surface area contributed by atoms with E-state index in [2.05, 4.69) is 37.3 Å². The molecular formula is C27H29NO3. The minimum absolute atomic E-state index is 0.000142. The normalized spacial score (nSPS) is 17.2. The maximum atomic E-state index is 13.4. The van der Waals surface area contributed by atoms with Crippen molar-refractivity contribution in [3.8, 4) is 11.5 Å². The van der Waals surface area contributed by atoms with Gasteiger partial charge in [0, 0.05) is 12.1 Å². The lowest BCUT2D eigenvalue weighted by Crippen LogP contribution is -2.29. The number of ether oxygens (including phenoxy) is 2. The molecule has 1 aliphatic carbocycles. The molecule has 0 N–H and O–H groups in total. The Morgan fingerprint density at radius 1 is 1.00 bits per heavy atom. The van der Waals surface area contributed by atoms with Crippen LogP contribution in [0.25, 0.3) is 10.8 Å². The van der Waals surface area contributed by atoms with Crippen LogP contribution >= 0.6 is 0 Å². The summed E-state index contributed by atoms with van der Waals surface area (Å²) >= 11 is 0. The van der Waals surface area contributed by atoms with E-state index < -0.39 is 0 Å². The Labute approximate surface area is 183 Å². The molecule has 3 aromatic rings. The van der Waals surface area contributed by atoms with E-state index in [1.54, 1.807) is 7.11 Å². The van der Waals surface area contributed by atoms with Crippen LogP contribution in [0.2, 0.25) is 0 Å². The van der Waals surface area contributed by atoms with Gasteiger partial charge in [0.15, 0.2) is 11.5 Å². The van der Waals surface area contributed by atoms with Crippen molar-refractivity contribution in [1.29, 1.82) is 0 Å². The van der Waals surface area contributed by atoms with Crippen LogP contribution in [0.4, 0.5) is 0 Å². The van der Waals surface area contributed by atoms with E-state index in [4.69, 9.17) is 9.47 Å². The van der Waals surface area contributed by atoms with Crippen LogP contribution in [0.5, 0.6) is 11.5 Å². The number of fused-ring (bicyclic) bond motifs is 2. The van der Waals surface area contributed by atoms with Gasteiger partial charge in [0.1, 0.15) is 0 Å². The smallest absolute Gasteiger partial charge is 0.255 e. The lowest BCUT2D eigenvalue weighted by Gasteiger charge is -2.28. The molecule has 4 heteroatoms. The minimum Gasteiger partial charge on any atom is -0.493 e. The van der Waals surface area contributed by atoms with E-state index in [9.17, 15) is 4.79 Å². The highest BCUT2D eigenvalue weighted by Crippen LogP contribution is 2.39. The summed E-state index contributed by atoms with van der Waals surface area (Å²) < 4.78 is 11.9. The Hall–Kier alpha value is -3.01. The zero-order chi connectivity index (χ0) is 21.4. The first-order chi connectivity index (χ1) is 15.2. The number of hydrogen-bond acceptors (Lipinski definition) is 3. The van der Waals surface area contributed by atoms with Gasteiger partial charge in [-0.2, -0.15) is 0 Å². The lowest BCUT2D eigenvalue weighted by atomic mass is 10.0. The molecule has 2 aliphatic rings. The quantitative estimate of drug-likeness (QED) is 0.476. The zero-order valence-corrected chi connectivity index (χ0v) is 18.3. The fourth-order valence-electron chi connectivity index (χ4n) is 5.09. The van der Waals surface area contributed by atoms with Crippen molar-refractivity contribution >= 4 is 16.7 Å². The Kier molecular flexibility index (Phi) is 5.31. The van der Waals surface area contributed by atoms with E-state index in [1.165, 1.54) is 18.2 Å². The summed E-state index contributed by atoms with van der Waals surface area (Å²) in [6, 6.07) is 18.6. The molecule has 5 rings (SSSR count). The van der Waals surface area contributed by atoms with Crippen molar-refractivity contribution in [3.63, 3.8) is 0 Å². The molecule has 1 amide bonds. The van der Waals surface area contributed by atoms with Gasteiger partial charge in [0.2, 0.25) is 0 Å². The Morgan fingerprint density at radius 3 is 2.45 bits per heavy atom. The van der Waals surface area contributed by atoms with Crippen LogP contribution in [-0.4, -0.2) is 24.0 Å². The second-order valence-corrected chi connectivity index (χ2v) is 8.65. The number of amides is 1. The van der Waals surface area contributed by atoms with E-state index in [-0.39, 0.29) is 18.1 Å². The van der Waals surface area contributed by atoms with Crippen molar-refractivity contribution in [2.75, 3.05) is 7.11 Å². The van der Waals surface area contributed by atoms with Crippen LogP contribution in [0.15, 0.2) is 54.6 Å². The predicted octanol–water partition coefficient (Wildman–Crippen LogP) is 6.28. The molecule has 1 heterocycles. The SMILES string of the molecule is CCC(c1ccc(OC)c(OC2CCCC2)c1)N1Cc2cc3ccccc3cc2C1=O. The third-order valence-electron chi connectivity index (χ3n) is 6.73. The first kappa shape index (κ1) is 19.9. The molecule has 1 saturated carbocycles. The summed E-state index contributed by atoms with van der Waals surface area (Å²) in [7, 11) is 1.68. The number of benzene rings is 3. The average Bonchev–Trinajstić information content (AvgIpc) is 3.41. The van der Waals surface area contributed by atoms with Crippen LogP contribution < -0.4 is 9.47 Å². The van der Waals surface area contributed by atoms with E-state index >= 15 is 0 Å². The Bertz CT molecular complexity index is 1120. The fraction of sp³-hybridized carbons (Fsp3) is 0.370. The van der Waals surface area contributed by atoms with Gasteiger partial charge in [0.25, 0.3) is 5.91 Å². The van der Waals surface area contributed by atoms with E-state index in [0.717, 1.165) is 52.8 Å². The number of rotatable bonds is 6. The lowest BCUT2D eigenvalue weighted by molar-refractivity contribution is 0.0695. The fourth-order valence-corrected chi connectivity index (χ4v) is 5.09. The first-order valence-corrected chi connectivity index (χ1v) is 11.3. The van der Waals surface area contributed by atoms with Gasteiger partial charge in [-0.3, -0.25) is 4.79 Å². The number of carbonyl (C=O) groups excluding carboxylic acids is 1. The third-order valence-corrected chi connectivity index (χ3v) is 6.73. The minimum atomic E-state index is -0.000142. The van der Waals surface area contributed by atoms with Gasteiger partial charge in [-0.1, -0.05) is 37.3 Å². The largest absolute Gasteiger partial charge is 0.493 e. The molecule has 0 spiro atoms. The summed E-state index contributed by atoms with van der Waals surface area (Å²) in [5.74, 6) is 1.66. The van der Waals surface area contributed by atoms with Crippen molar-refractivity contribution in [2.24, 2.45) is 0 Å². The van der Waals surface area contributed by atoms with Gasteiger partial charge in [-0.05, 0) is 78.3 Å². The van der Waals surface area contributed by atoms with Crippen molar-refractivity contribution in [3.05, 3.63) is 71.3 Å². The van der Waals surface area contributed by atoms with Gasteiger partial charge >= 0.3 is 0 Å². The summed E-state index contributed by atoms with van der Waals surface area (Å²) in [4.78, 5) is 15.4. The van der Waals surface area contributed by atoms with Crippen molar-refractivity contribution < 1.29 is 14.3 Å². The molecule has 160 valence electrons. The van der Waals surface area contributed by atoms with Gasteiger partial charge in [-0.15, -0.1) is 0 Å². The second-order valence-electron chi connectivity index (χ2n) is 8.65. The number of nitrogens with zero attached hydrogens (tertiary/aromatic N) is 1. The molecule has 0 aromatic heterocycles. The predicted molar refractivity (Wildman–Crippen MR) is 123 cm³/mol. The summed E-state index contributed by atoms with van der Waals surface area (Å²) in [5.41, 5.74) is 3.04. The number of carbonyl (C=O) groups is 1. The zero-order valence-electron chi connectivity index (χ0n) is 18.3. The monoisotopic (exact) mass is 415 g/mol. The van der Waals surface area contributed by atoms with Crippen LogP contribution in [-0.2, 0) is 6.54 Å². The molecule has 3 aromatic carbocycles. The Morgan fingerprint density at radius 2 is 1.74 bits per heavy atom. The molecule has 31 heavy (non-hydrogen) atoms. The van der Waals surface area contributed by atoms with Crippen molar-refractivity contribution in [1.82, 2.24) is 4.90 Å². The molecule has 0 radical (unpaired) electrons. The Balaban J connectivity index is 1.46. The summed E-state index contributed by atoms with van der Waals surface area (Å²) in [5, 5.41) is 2.29. The molecule has 1 fully saturated rings. The highest BCUT2D eigenvalue weighted by molar-refractivity contribution is 6.02. The third kappa shape index (κ3) is 3.65. The number of hydrogen-bond donors (Lipinski definition) is 0. The second kappa shape index (κ2) is 8.26. The van der Waals surface area contributed by atoms with E-state index in [1.807, 2.05) is 29.2 Å². The molecule has 1 unspecified atom stereocenters. The maximum Gasteiger partial charge on any atom is 0.255 e. The van der Waals surface area contributed by atoms with Crippen LogP contribution in [0, 0.1) is 0 Å². The molecule has 1 atom stereocenters.